The van der Waals surface area contributed by atoms with Gasteiger partial charge in [-0.3, -0.25) is 4.57 Å². The second-order valence-electron chi connectivity index (χ2n) is 5.38. The number of nitrogens with zero attached hydrogens (tertiary/aromatic N) is 4. The van der Waals surface area contributed by atoms with Crippen LogP contribution in [-0.4, -0.2) is 19.7 Å². The Hall–Kier alpha value is -1.57. The summed E-state index contributed by atoms with van der Waals surface area (Å²) >= 11 is 9.19. The molecule has 1 aliphatic rings. The Balaban J connectivity index is 1.47. The van der Waals surface area contributed by atoms with Gasteiger partial charge in [0.25, 0.3) is 0 Å². The predicted octanol–water partition coefficient (Wildman–Crippen LogP) is 4.26. The number of hydrogen-bond acceptors (Lipinski definition) is 6. The van der Waals surface area contributed by atoms with Crippen molar-refractivity contribution in [2.45, 2.75) is 29.8 Å². The topological polar surface area (TPSA) is 69.6 Å². The largest absolute Gasteiger partial charge is 0.368 e. The number of nitrogens with two attached hydrogens (primary N) is 1. The minimum absolute atomic E-state index is 0.479. The molecule has 2 heterocycles. The Labute approximate surface area is 146 Å². The third-order valence-electron chi connectivity index (χ3n) is 3.59. The van der Waals surface area contributed by atoms with Crippen molar-refractivity contribution in [2.24, 2.45) is 0 Å². The summed E-state index contributed by atoms with van der Waals surface area (Å²) in [5.74, 6) is 1.27. The van der Waals surface area contributed by atoms with E-state index in [-0.39, 0.29) is 0 Å². The lowest BCUT2D eigenvalue weighted by Crippen LogP contribution is -2.02. The molecule has 1 fully saturated rings. The standard InChI is InChI=1S/C15H14ClN5S2/c16-10-3-1-9(2-4-10)13-18-11(7-22-13)8-23-15-20-19-14(17)21(15)12-5-6-12/h1-4,7,12H,5-6,8H2,(H2,17,19). The molecule has 4 rings (SSSR count). The highest BCUT2D eigenvalue weighted by Gasteiger charge is 2.28. The van der Waals surface area contributed by atoms with Crippen LogP contribution in [0.15, 0.2) is 34.8 Å². The zero-order valence-corrected chi connectivity index (χ0v) is 14.5. The predicted molar refractivity (Wildman–Crippen MR) is 94.8 cm³/mol. The maximum Gasteiger partial charge on any atom is 0.222 e. The van der Waals surface area contributed by atoms with E-state index in [0.29, 0.717) is 12.0 Å². The van der Waals surface area contributed by atoms with Gasteiger partial charge in [0, 0.05) is 27.8 Å². The molecule has 0 radical (unpaired) electrons. The lowest BCUT2D eigenvalue weighted by atomic mass is 10.2. The Morgan fingerprint density at radius 2 is 2.04 bits per heavy atom. The summed E-state index contributed by atoms with van der Waals surface area (Å²) in [6.07, 6.45) is 2.32. The van der Waals surface area contributed by atoms with Crippen LogP contribution in [0.1, 0.15) is 24.6 Å². The van der Waals surface area contributed by atoms with E-state index in [2.05, 4.69) is 20.6 Å². The number of hydrogen-bond donors (Lipinski definition) is 1. The number of thiazole rings is 1. The summed E-state index contributed by atoms with van der Waals surface area (Å²) in [5.41, 5.74) is 8.02. The first-order valence-electron chi connectivity index (χ1n) is 7.24. The molecule has 0 amide bonds. The van der Waals surface area contributed by atoms with E-state index in [9.17, 15) is 0 Å². The van der Waals surface area contributed by atoms with E-state index in [1.54, 1.807) is 23.1 Å². The highest BCUT2D eigenvalue weighted by molar-refractivity contribution is 7.98. The number of anilines is 1. The third kappa shape index (κ3) is 3.22. The van der Waals surface area contributed by atoms with Gasteiger partial charge in [0.2, 0.25) is 5.95 Å². The van der Waals surface area contributed by atoms with Crippen molar-refractivity contribution in [1.29, 1.82) is 0 Å². The van der Waals surface area contributed by atoms with Crippen LogP contribution in [0.2, 0.25) is 5.02 Å². The summed E-state index contributed by atoms with van der Waals surface area (Å²) in [6, 6.07) is 8.22. The van der Waals surface area contributed by atoms with Gasteiger partial charge >= 0.3 is 0 Å². The average Bonchev–Trinajstić information content (AvgIpc) is 3.15. The second-order valence-corrected chi connectivity index (χ2v) is 7.62. The van der Waals surface area contributed by atoms with Gasteiger partial charge in [0.15, 0.2) is 5.16 Å². The quantitative estimate of drug-likeness (QED) is 0.685. The number of rotatable bonds is 5. The third-order valence-corrected chi connectivity index (χ3v) is 5.76. The van der Waals surface area contributed by atoms with Crippen LogP contribution in [-0.2, 0) is 5.75 Å². The molecule has 118 valence electrons. The summed E-state index contributed by atoms with van der Waals surface area (Å²) in [6.45, 7) is 0. The van der Waals surface area contributed by atoms with Crippen LogP contribution in [0.25, 0.3) is 10.6 Å². The molecule has 8 heteroatoms. The van der Waals surface area contributed by atoms with Crippen molar-refractivity contribution in [3.05, 3.63) is 40.4 Å². The Bertz CT molecular complexity index is 823. The van der Waals surface area contributed by atoms with E-state index in [0.717, 1.165) is 45.0 Å². The number of halogens is 1. The first-order chi connectivity index (χ1) is 11.2. The molecule has 0 saturated heterocycles. The first-order valence-corrected chi connectivity index (χ1v) is 9.48. The fourth-order valence-corrected chi connectivity index (χ4v) is 4.26. The summed E-state index contributed by atoms with van der Waals surface area (Å²) in [5, 5.41) is 12.9. The number of benzene rings is 1. The van der Waals surface area contributed by atoms with Crippen LogP contribution in [0.5, 0.6) is 0 Å². The van der Waals surface area contributed by atoms with Crippen LogP contribution in [0.3, 0.4) is 0 Å². The zero-order valence-electron chi connectivity index (χ0n) is 12.1. The van der Waals surface area contributed by atoms with Crippen LogP contribution in [0, 0.1) is 0 Å². The Morgan fingerprint density at radius 1 is 1.26 bits per heavy atom. The highest BCUT2D eigenvalue weighted by atomic mass is 35.5. The van der Waals surface area contributed by atoms with Gasteiger partial charge in [-0.2, -0.15) is 0 Å². The summed E-state index contributed by atoms with van der Waals surface area (Å²) < 4.78 is 2.04. The van der Waals surface area contributed by atoms with Crippen molar-refractivity contribution in [1.82, 2.24) is 19.7 Å². The van der Waals surface area contributed by atoms with Crippen molar-refractivity contribution < 1.29 is 0 Å². The molecule has 2 N–H and O–H groups in total. The normalized spacial score (nSPS) is 14.3. The van der Waals surface area contributed by atoms with E-state index >= 15 is 0 Å². The molecule has 23 heavy (non-hydrogen) atoms. The van der Waals surface area contributed by atoms with Crippen molar-refractivity contribution in [3.8, 4) is 10.6 Å². The Kier molecular flexibility index (Phi) is 4.00. The molecule has 1 aliphatic carbocycles. The Morgan fingerprint density at radius 3 is 2.78 bits per heavy atom. The van der Waals surface area contributed by atoms with Gasteiger partial charge < -0.3 is 5.73 Å². The van der Waals surface area contributed by atoms with Crippen molar-refractivity contribution in [3.63, 3.8) is 0 Å². The van der Waals surface area contributed by atoms with Gasteiger partial charge in [-0.25, -0.2) is 4.98 Å². The molecule has 3 aromatic rings. The smallest absolute Gasteiger partial charge is 0.222 e. The molecule has 5 nitrogen and oxygen atoms in total. The van der Waals surface area contributed by atoms with Crippen molar-refractivity contribution >= 4 is 40.6 Å². The minimum Gasteiger partial charge on any atom is -0.368 e. The highest BCUT2D eigenvalue weighted by Crippen LogP contribution is 2.40. The fraction of sp³-hybridized carbons (Fsp3) is 0.267. The second kappa shape index (κ2) is 6.14. The molecule has 0 atom stereocenters. The molecule has 0 bridgehead atoms. The molecule has 1 aromatic carbocycles. The van der Waals surface area contributed by atoms with Gasteiger partial charge in [-0.1, -0.05) is 35.5 Å². The number of nitrogen functional groups attached to an aromatic ring is 1. The van der Waals surface area contributed by atoms with E-state index in [1.807, 2.05) is 28.8 Å². The summed E-state index contributed by atoms with van der Waals surface area (Å²) in [7, 11) is 0. The molecular weight excluding hydrogens is 350 g/mol. The van der Waals surface area contributed by atoms with Gasteiger partial charge in [-0.15, -0.1) is 21.5 Å². The molecule has 0 aliphatic heterocycles. The molecule has 2 aromatic heterocycles. The van der Waals surface area contributed by atoms with E-state index in [4.69, 9.17) is 17.3 Å². The first kappa shape index (κ1) is 15.0. The van der Waals surface area contributed by atoms with Gasteiger partial charge in [0.05, 0.1) is 5.69 Å². The lowest BCUT2D eigenvalue weighted by molar-refractivity contribution is 0.671. The molecule has 0 unspecified atom stereocenters. The molecular formula is C15H14ClN5S2. The number of aromatic nitrogens is 4. The van der Waals surface area contributed by atoms with E-state index in [1.165, 1.54) is 0 Å². The van der Waals surface area contributed by atoms with Crippen LogP contribution >= 0.6 is 34.7 Å². The maximum absolute atomic E-state index is 5.92. The molecule has 1 saturated carbocycles. The maximum atomic E-state index is 5.92. The fourth-order valence-electron chi connectivity index (χ4n) is 2.30. The molecule has 0 spiro atoms. The van der Waals surface area contributed by atoms with Crippen LogP contribution in [0.4, 0.5) is 5.95 Å². The lowest BCUT2D eigenvalue weighted by Gasteiger charge is -2.04. The van der Waals surface area contributed by atoms with Gasteiger partial charge in [0.1, 0.15) is 5.01 Å². The minimum atomic E-state index is 0.479. The summed E-state index contributed by atoms with van der Waals surface area (Å²) in [4.78, 5) is 4.69. The zero-order chi connectivity index (χ0) is 15.8. The van der Waals surface area contributed by atoms with Crippen molar-refractivity contribution in [2.75, 3.05) is 5.73 Å². The van der Waals surface area contributed by atoms with Gasteiger partial charge in [-0.05, 0) is 25.0 Å². The number of thioether (sulfide) groups is 1. The van der Waals surface area contributed by atoms with Crippen LogP contribution < -0.4 is 5.73 Å². The SMILES string of the molecule is Nc1nnc(SCc2csc(-c3ccc(Cl)cc3)n2)n1C1CC1. The monoisotopic (exact) mass is 363 g/mol. The van der Waals surface area contributed by atoms with E-state index < -0.39 is 0 Å². The average molecular weight is 364 g/mol.